The van der Waals surface area contributed by atoms with Crippen LogP contribution in [0.1, 0.15) is 51.2 Å². The van der Waals surface area contributed by atoms with Crippen LogP contribution in [0.4, 0.5) is 4.39 Å². The normalized spacial score (nSPS) is 13.9. The van der Waals surface area contributed by atoms with Crippen molar-refractivity contribution in [2.75, 3.05) is 6.54 Å². The summed E-state index contributed by atoms with van der Waals surface area (Å²) in [5.41, 5.74) is 7.36. The average molecular weight is 223 g/mol. The minimum absolute atomic E-state index is 0.115. The number of halogens is 1. The van der Waals surface area contributed by atoms with Crippen molar-refractivity contribution >= 4 is 0 Å². The zero-order valence-corrected chi connectivity index (χ0v) is 10.7. The van der Waals surface area contributed by atoms with Gasteiger partial charge in [-0.2, -0.15) is 0 Å². The lowest BCUT2D eigenvalue weighted by Crippen LogP contribution is -2.14. The molecule has 0 radical (unpaired) electrons. The van der Waals surface area contributed by atoms with E-state index >= 15 is 0 Å². The highest BCUT2D eigenvalue weighted by atomic mass is 19.1. The molecule has 0 saturated carbocycles. The number of benzene rings is 1. The molecule has 0 spiro atoms. The molecule has 0 amide bonds. The Balaban J connectivity index is 3.07. The van der Waals surface area contributed by atoms with E-state index in [-0.39, 0.29) is 11.2 Å². The summed E-state index contributed by atoms with van der Waals surface area (Å²) in [6.07, 6.45) is 0.940. The maximum absolute atomic E-state index is 13.7. The first-order chi connectivity index (χ1) is 7.36. The average Bonchev–Trinajstić information content (AvgIpc) is 2.16. The van der Waals surface area contributed by atoms with E-state index in [4.69, 9.17) is 5.73 Å². The van der Waals surface area contributed by atoms with Crippen molar-refractivity contribution in [2.45, 2.75) is 45.4 Å². The zero-order valence-electron chi connectivity index (χ0n) is 10.7. The Hall–Kier alpha value is -0.890. The number of hydrogen-bond acceptors (Lipinski definition) is 1. The SMILES string of the molecule is CC(CCN)c1ccc(F)c(C(C)(C)C)c1. The summed E-state index contributed by atoms with van der Waals surface area (Å²) in [6, 6.07) is 5.42. The van der Waals surface area contributed by atoms with Crippen LogP contribution >= 0.6 is 0 Å². The van der Waals surface area contributed by atoms with Crippen LogP contribution in [0.15, 0.2) is 18.2 Å². The maximum Gasteiger partial charge on any atom is 0.126 e. The first kappa shape index (κ1) is 13.2. The molecule has 90 valence electrons. The van der Waals surface area contributed by atoms with Gasteiger partial charge in [-0.25, -0.2) is 4.39 Å². The number of nitrogens with two attached hydrogens (primary N) is 1. The van der Waals surface area contributed by atoms with Crippen LogP contribution in [0.3, 0.4) is 0 Å². The number of hydrogen-bond donors (Lipinski definition) is 1. The molecule has 0 aromatic heterocycles. The highest BCUT2D eigenvalue weighted by molar-refractivity contribution is 5.32. The van der Waals surface area contributed by atoms with Gasteiger partial charge in [-0.1, -0.05) is 39.8 Å². The molecule has 0 fully saturated rings. The van der Waals surface area contributed by atoms with Crippen LogP contribution in [0, 0.1) is 5.82 Å². The second-order valence-electron chi connectivity index (χ2n) is 5.47. The topological polar surface area (TPSA) is 26.0 Å². The molecule has 1 rings (SSSR count). The van der Waals surface area contributed by atoms with Gasteiger partial charge in [0.25, 0.3) is 0 Å². The lowest BCUT2D eigenvalue weighted by Gasteiger charge is -2.22. The largest absolute Gasteiger partial charge is 0.330 e. The Kier molecular flexibility index (Phi) is 4.09. The van der Waals surface area contributed by atoms with Gasteiger partial charge in [-0.15, -0.1) is 0 Å². The fraction of sp³-hybridized carbons (Fsp3) is 0.571. The first-order valence-electron chi connectivity index (χ1n) is 5.86. The van der Waals surface area contributed by atoms with E-state index in [0.717, 1.165) is 12.0 Å². The van der Waals surface area contributed by atoms with Crippen LogP contribution < -0.4 is 5.73 Å². The molecule has 0 aliphatic carbocycles. The highest BCUT2D eigenvalue weighted by Crippen LogP contribution is 2.29. The van der Waals surface area contributed by atoms with E-state index in [0.29, 0.717) is 12.5 Å². The van der Waals surface area contributed by atoms with E-state index in [2.05, 4.69) is 6.92 Å². The first-order valence-corrected chi connectivity index (χ1v) is 5.86. The molecule has 1 unspecified atom stereocenters. The van der Waals surface area contributed by atoms with E-state index in [1.165, 1.54) is 5.56 Å². The fourth-order valence-corrected chi connectivity index (χ4v) is 1.84. The van der Waals surface area contributed by atoms with Gasteiger partial charge in [0.15, 0.2) is 0 Å². The molecule has 1 atom stereocenters. The van der Waals surface area contributed by atoms with Crippen molar-refractivity contribution in [3.63, 3.8) is 0 Å². The van der Waals surface area contributed by atoms with E-state index < -0.39 is 0 Å². The summed E-state index contributed by atoms with van der Waals surface area (Å²) in [5, 5.41) is 0. The Morgan fingerprint density at radius 1 is 1.31 bits per heavy atom. The standard InChI is InChI=1S/C14H22FN/c1-10(7-8-16)11-5-6-13(15)12(9-11)14(2,3)4/h5-6,9-10H,7-8,16H2,1-4H3. The maximum atomic E-state index is 13.7. The molecule has 2 heteroatoms. The molecule has 0 saturated heterocycles. The van der Waals surface area contributed by atoms with Crippen LogP contribution in [-0.2, 0) is 5.41 Å². The van der Waals surface area contributed by atoms with Gasteiger partial charge < -0.3 is 5.73 Å². The Morgan fingerprint density at radius 3 is 2.44 bits per heavy atom. The third kappa shape index (κ3) is 3.05. The summed E-state index contributed by atoms with van der Waals surface area (Å²) in [7, 11) is 0. The summed E-state index contributed by atoms with van der Waals surface area (Å²) in [4.78, 5) is 0. The Labute approximate surface area is 97.9 Å². The van der Waals surface area contributed by atoms with Gasteiger partial charge in [0.2, 0.25) is 0 Å². The summed E-state index contributed by atoms with van der Waals surface area (Å²) in [6.45, 7) is 8.89. The second kappa shape index (κ2) is 4.96. The molecule has 16 heavy (non-hydrogen) atoms. The lowest BCUT2D eigenvalue weighted by atomic mass is 9.84. The molecule has 0 aliphatic rings. The molecule has 2 N–H and O–H groups in total. The van der Waals surface area contributed by atoms with Gasteiger partial charge in [-0.05, 0) is 41.5 Å². The smallest absolute Gasteiger partial charge is 0.126 e. The van der Waals surface area contributed by atoms with Crippen LogP contribution in [-0.4, -0.2) is 6.54 Å². The molecular formula is C14H22FN. The third-order valence-corrected chi connectivity index (χ3v) is 2.97. The summed E-state index contributed by atoms with van der Waals surface area (Å²) >= 11 is 0. The van der Waals surface area contributed by atoms with E-state index in [9.17, 15) is 4.39 Å². The molecule has 0 bridgehead atoms. The van der Waals surface area contributed by atoms with Crippen LogP contribution in [0.2, 0.25) is 0 Å². The monoisotopic (exact) mass is 223 g/mol. The zero-order chi connectivity index (χ0) is 12.3. The third-order valence-electron chi connectivity index (χ3n) is 2.97. The Bertz CT molecular complexity index is 352. The molecule has 1 aromatic rings. The number of rotatable bonds is 3. The van der Waals surface area contributed by atoms with Gasteiger partial charge in [0, 0.05) is 0 Å². The molecule has 0 aliphatic heterocycles. The Morgan fingerprint density at radius 2 is 1.94 bits per heavy atom. The predicted molar refractivity (Wildman–Crippen MR) is 67.2 cm³/mol. The predicted octanol–water partition coefficient (Wildman–Crippen LogP) is 3.58. The van der Waals surface area contributed by atoms with Crippen molar-refractivity contribution in [1.82, 2.24) is 0 Å². The van der Waals surface area contributed by atoms with Crippen molar-refractivity contribution in [3.05, 3.63) is 35.1 Å². The fourth-order valence-electron chi connectivity index (χ4n) is 1.84. The quantitative estimate of drug-likeness (QED) is 0.832. The van der Waals surface area contributed by atoms with Gasteiger partial charge in [0.05, 0.1) is 0 Å². The van der Waals surface area contributed by atoms with Crippen molar-refractivity contribution < 1.29 is 4.39 Å². The second-order valence-corrected chi connectivity index (χ2v) is 5.47. The van der Waals surface area contributed by atoms with Crippen molar-refractivity contribution in [3.8, 4) is 0 Å². The lowest BCUT2D eigenvalue weighted by molar-refractivity contribution is 0.520. The molecule has 0 heterocycles. The molecule has 1 aromatic carbocycles. The van der Waals surface area contributed by atoms with Crippen molar-refractivity contribution in [1.29, 1.82) is 0 Å². The highest BCUT2D eigenvalue weighted by Gasteiger charge is 2.19. The van der Waals surface area contributed by atoms with Gasteiger partial charge in [0.1, 0.15) is 5.82 Å². The van der Waals surface area contributed by atoms with Crippen molar-refractivity contribution in [2.24, 2.45) is 5.73 Å². The molecule has 1 nitrogen and oxygen atoms in total. The molecular weight excluding hydrogens is 201 g/mol. The van der Waals surface area contributed by atoms with Crippen LogP contribution in [0.25, 0.3) is 0 Å². The van der Waals surface area contributed by atoms with Gasteiger partial charge in [-0.3, -0.25) is 0 Å². The minimum Gasteiger partial charge on any atom is -0.330 e. The van der Waals surface area contributed by atoms with Crippen LogP contribution in [0.5, 0.6) is 0 Å². The minimum atomic E-state index is -0.150. The van der Waals surface area contributed by atoms with E-state index in [1.807, 2.05) is 32.9 Å². The van der Waals surface area contributed by atoms with Gasteiger partial charge >= 0.3 is 0 Å². The summed E-state index contributed by atoms with van der Waals surface area (Å²) in [5.74, 6) is 0.280. The summed E-state index contributed by atoms with van der Waals surface area (Å²) < 4.78 is 13.7. The van der Waals surface area contributed by atoms with E-state index in [1.54, 1.807) is 6.07 Å².